The first-order chi connectivity index (χ1) is 9.62. The van der Waals surface area contributed by atoms with Crippen LogP contribution in [-0.2, 0) is 11.8 Å². The molecular formula is C16H27N3S. The second kappa shape index (κ2) is 5.74. The van der Waals surface area contributed by atoms with Gasteiger partial charge >= 0.3 is 0 Å². The van der Waals surface area contributed by atoms with Gasteiger partial charge in [0.15, 0.2) is 0 Å². The third-order valence-electron chi connectivity index (χ3n) is 4.82. The summed E-state index contributed by atoms with van der Waals surface area (Å²) in [6.07, 6.45) is 5.03. The number of fused-ring (bicyclic) bond motifs is 1. The molecule has 0 aromatic carbocycles. The van der Waals surface area contributed by atoms with Crippen LogP contribution in [0, 0.1) is 0 Å². The summed E-state index contributed by atoms with van der Waals surface area (Å²) in [4.78, 5) is 9.29. The maximum absolute atomic E-state index is 5.11. The van der Waals surface area contributed by atoms with Crippen LogP contribution in [0.5, 0.6) is 0 Å². The van der Waals surface area contributed by atoms with Gasteiger partial charge in [0.2, 0.25) is 0 Å². The molecule has 1 N–H and O–H groups in total. The normalized spacial score (nSPS) is 24.4. The Balaban J connectivity index is 1.87. The lowest BCUT2D eigenvalue weighted by atomic mass is 9.79. The fourth-order valence-corrected chi connectivity index (χ4v) is 5.11. The van der Waals surface area contributed by atoms with Crippen LogP contribution in [0.2, 0.25) is 0 Å². The second-order valence-corrected chi connectivity index (χ2v) is 7.89. The predicted molar refractivity (Wildman–Crippen MR) is 85.6 cm³/mol. The zero-order valence-electron chi connectivity index (χ0n) is 13.0. The molecule has 3 rings (SSSR count). The Morgan fingerprint density at radius 2 is 2.10 bits per heavy atom. The van der Waals surface area contributed by atoms with Gasteiger partial charge in [0.25, 0.3) is 0 Å². The lowest BCUT2D eigenvalue weighted by Crippen LogP contribution is -2.45. The van der Waals surface area contributed by atoms with E-state index >= 15 is 0 Å². The highest BCUT2D eigenvalue weighted by Gasteiger charge is 2.33. The van der Waals surface area contributed by atoms with E-state index in [0.29, 0.717) is 6.04 Å². The minimum atomic E-state index is 0.282. The Morgan fingerprint density at radius 3 is 2.75 bits per heavy atom. The molecule has 20 heavy (non-hydrogen) atoms. The highest BCUT2D eigenvalue weighted by atomic mass is 32.1. The van der Waals surface area contributed by atoms with E-state index in [1.54, 1.807) is 4.88 Å². The number of nitrogens with zero attached hydrogens (tertiary/aromatic N) is 2. The summed E-state index contributed by atoms with van der Waals surface area (Å²) in [5, 5.41) is 4.82. The SMILES string of the molecule is CCC(c1nc2c(s1)CCCC2(C)C)N1CCNCC1. The van der Waals surface area contributed by atoms with Crippen molar-refractivity contribution in [3.05, 3.63) is 15.6 Å². The first-order valence-corrected chi connectivity index (χ1v) is 8.88. The maximum Gasteiger partial charge on any atom is 0.110 e. The van der Waals surface area contributed by atoms with Gasteiger partial charge in [-0.2, -0.15) is 0 Å². The van der Waals surface area contributed by atoms with Crippen molar-refractivity contribution in [2.45, 2.75) is 57.9 Å². The minimum Gasteiger partial charge on any atom is -0.314 e. The fourth-order valence-electron chi connectivity index (χ4n) is 3.60. The smallest absolute Gasteiger partial charge is 0.110 e. The lowest BCUT2D eigenvalue weighted by Gasteiger charge is -2.33. The van der Waals surface area contributed by atoms with E-state index < -0.39 is 0 Å². The van der Waals surface area contributed by atoms with Crippen LogP contribution in [0.1, 0.15) is 61.7 Å². The summed E-state index contributed by atoms with van der Waals surface area (Å²) >= 11 is 1.99. The van der Waals surface area contributed by atoms with Crippen LogP contribution in [0.4, 0.5) is 0 Å². The Morgan fingerprint density at radius 1 is 1.35 bits per heavy atom. The number of hydrogen-bond acceptors (Lipinski definition) is 4. The number of hydrogen-bond donors (Lipinski definition) is 1. The molecule has 0 radical (unpaired) electrons. The average Bonchev–Trinajstić information content (AvgIpc) is 2.86. The third-order valence-corrected chi connectivity index (χ3v) is 6.04. The summed E-state index contributed by atoms with van der Waals surface area (Å²) in [7, 11) is 0. The van der Waals surface area contributed by atoms with Crippen molar-refractivity contribution in [3.8, 4) is 0 Å². The third kappa shape index (κ3) is 2.66. The van der Waals surface area contributed by atoms with Crippen LogP contribution in [-0.4, -0.2) is 36.1 Å². The van der Waals surface area contributed by atoms with Gasteiger partial charge in [0, 0.05) is 36.5 Å². The zero-order chi connectivity index (χ0) is 14.2. The lowest BCUT2D eigenvalue weighted by molar-refractivity contribution is 0.169. The highest BCUT2D eigenvalue weighted by Crippen LogP contribution is 2.41. The molecule has 3 nitrogen and oxygen atoms in total. The quantitative estimate of drug-likeness (QED) is 0.928. The van der Waals surface area contributed by atoms with E-state index in [1.807, 2.05) is 11.3 Å². The number of thiazole rings is 1. The molecule has 1 unspecified atom stereocenters. The summed E-state index contributed by atoms with van der Waals surface area (Å²) in [6.45, 7) is 11.6. The first-order valence-electron chi connectivity index (χ1n) is 8.06. The van der Waals surface area contributed by atoms with Crippen molar-refractivity contribution >= 4 is 11.3 Å². The summed E-state index contributed by atoms with van der Waals surface area (Å²) in [5.41, 5.74) is 1.68. The molecule has 1 aliphatic heterocycles. The molecule has 0 saturated carbocycles. The predicted octanol–water partition coefficient (Wildman–Crippen LogP) is 3.11. The van der Waals surface area contributed by atoms with Gasteiger partial charge in [0.1, 0.15) is 5.01 Å². The molecule has 0 amide bonds. The second-order valence-electron chi connectivity index (χ2n) is 6.77. The average molecular weight is 293 g/mol. The first kappa shape index (κ1) is 14.5. The van der Waals surface area contributed by atoms with Crippen molar-refractivity contribution < 1.29 is 0 Å². The number of rotatable bonds is 3. The molecule has 4 heteroatoms. The largest absolute Gasteiger partial charge is 0.314 e. The maximum atomic E-state index is 5.11. The Kier molecular flexibility index (Phi) is 4.16. The van der Waals surface area contributed by atoms with E-state index in [9.17, 15) is 0 Å². The Bertz CT molecular complexity index is 460. The van der Waals surface area contributed by atoms with Crippen LogP contribution >= 0.6 is 11.3 Å². The molecule has 1 atom stereocenters. The topological polar surface area (TPSA) is 28.2 Å². The van der Waals surface area contributed by atoms with E-state index in [1.165, 1.54) is 36.4 Å². The van der Waals surface area contributed by atoms with E-state index in [4.69, 9.17) is 4.98 Å². The molecule has 1 saturated heterocycles. The van der Waals surface area contributed by atoms with Gasteiger partial charge in [-0.3, -0.25) is 4.90 Å². The van der Waals surface area contributed by atoms with E-state index in [0.717, 1.165) is 26.2 Å². The molecule has 1 fully saturated rings. The molecule has 1 aromatic heterocycles. The Hall–Kier alpha value is -0.450. The van der Waals surface area contributed by atoms with Crippen LogP contribution < -0.4 is 5.32 Å². The van der Waals surface area contributed by atoms with Crippen LogP contribution in [0.25, 0.3) is 0 Å². The van der Waals surface area contributed by atoms with Gasteiger partial charge in [0.05, 0.1) is 11.7 Å². The van der Waals surface area contributed by atoms with Crippen LogP contribution in [0.3, 0.4) is 0 Å². The van der Waals surface area contributed by atoms with Crippen molar-refractivity contribution in [2.24, 2.45) is 0 Å². The standard InChI is InChI=1S/C16H27N3S/c1-4-12(19-10-8-17-9-11-19)15-18-14-13(20-15)6-5-7-16(14,2)3/h12,17H,4-11H2,1-3H3. The molecule has 112 valence electrons. The van der Waals surface area contributed by atoms with E-state index in [2.05, 4.69) is 31.0 Å². The van der Waals surface area contributed by atoms with Crippen molar-refractivity contribution in [1.29, 1.82) is 0 Å². The fraction of sp³-hybridized carbons (Fsp3) is 0.812. The summed E-state index contributed by atoms with van der Waals surface area (Å²) in [5.74, 6) is 0. The van der Waals surface area contributed by atoms with Gasteiger partial charge in [-0.25, -0.2) is 4.98 Å². The Labute approximate surface area is 126 Å². The minimum absolute atomic E-state index is 0.282. The van der Waals surface area contributed by atoms with Crippen LogP contribution in [0.15, 0.2) is 0 Å². The van der Waals surface area contributed by atoms with Gasteiger partial charge in [-0.1, -0.05) is 20.8 Å². The van der Waals surface area contributed by atoms with E-state index in [-0.39, 0.29) is 5.41 Å². The summed E-state index contributed by atoms with van der Waals surface area (Å²) < 4.78 is 0. The molecular weight excluding hydrogens is 266 g/mol. The molecule has 0 bridgehead atoms. The number of aryl methyl sites for hydroxylation is 1. The number of nitrogens with one attached hydrogen (secondary N) is 1. The van der Waals surface area contributed by atoms with Crippen molar-refractivity contribution in [1.82, 2.24) is 15.2 Å². The van der Waals surface area contributed by atoms with Gasteiger partial charge in [-0.05, 0) is 25.7 Å². The van der Waals surface area contributed by atoms with Gasteiger partial charge < -0.3 is 5.32 Å². The molecule has 0 spiro atoms. The molecule has 1 aromatic rings. The van der Waals surface area contributed by atoms with Crippen molar-refractivity contribution in [2.75, 3.05) is 26.2 Å². The zero-order valence-corrected chi connectivity index (χ0v) is 13.9. The number of aromatic nitrogens is 1. The summed E-state index contributed by atoms with van der Waals surface area (Å²) in [6, 6.07) is 0.531. The highest BCUT2D eigenvalue weighted by molar-refractivity contribution is 7.11. The monoisotopic (exact) mass is 293 g/mol. The van der Waals surface area contributed by atoms with Gasteiger partial charge in [-0.15, -0.1) is 11.3 Å². The molecule has 2 aliphatic rings. The number of piperazine rings is 1. The molecule has 2 heterocycles. The molecule has 1 aliphatic carbocycles. The van der Waals surface area contributed by atoms with Crippen molar-refractivity contribution in [3.63, 3.8) is 0 Å².